The first-order chi connectivity index (χ1) is 5.83. The lowest BCUT2D eigenvalue weighted by Crippen LogP contribution is -2.50. The highest BCUT2D eigenvalue weighted by Crippen LogP contribution is 2.67. The molecular formula is C6H6N6. The van der Waals surface area contributed by atoms with E-state index in [0.29, 0.717) is 0 Å². The Kier molecular flexibility index (Phi) is 0.517. The van der Waals surface area contributed by atoms with Crippen molar-refractivity contribution >= 4 is 0 Å². The quantitative estimate of drug-likeness (QED) is 0.519. The van der Waals surface area contributed by atoms with Crippen molar-refractivity contribution in [3.8, 4) is 0 Å². The zero-order valence-corrected chi connectivity index (χ0v) is 6.30. The molecule has 0 saturated heterocycles. The van der Waals surface area contributed by atoms with Gasteiger partial charge in [-0.1, -0.05) is 0 Å². The highest BCUT2D eigenvalue weighted by Gasteiger charge is 2.82. The van der Waals surface area contributed by atoms with E-state index in [1.54, 1.807) is 0 Å². The fourth-order valence-corrected chi connectivity index (χ4v) is 2.22. The Morgan fingerprint density at radius 1 is 0.667 bits per heavy atom. The summed E-state index contributed by atoms with van der Waals surface area (Å²) >= 11 is 0. The first kappa shape index (κ1) is 5.45. The average molecular weight is 162 g/mol. The molecule has 6 heteroatoms. The van der Waals surface area contributed by atoms with Crippen LogP contribution in [0.3, 0.4) is 0 Å². The molecule has 3 aliphatic heterocycles. The predicted molar refractivity (Wildman–Crippen MR) is 36.6 cm³/mol. The number of nitrogens with zero attached hydrogens (tertiary/aromatic N) is 6. The summed E-state index contributed by atoms with van der Waals surface area (Å²) in [6.07, 6.45) is 3.01. The fourth-order valence-electron chi connectivity index (χ4n) is 2.22. The van der Waals surface area contributed by atoms with E-state index in [-0.39, 0.29) is 11.3 Å². The zero-order valence-electron chi connectivity index (χ0n) is 6.30. The Bertz CT molecular complexity index is 320. The van der Waals surface area contributed by atoms with Crippen LogP contribution in [0.5, 0.6) is 0 Å². The lowest BCUT2D eigenvalue weighted by Gasteiger charge is -2.27. The van der Waals surface area contributed by atoms with Crippen LogP contribution in [0.1, 0.15) is 19.3 Å². The molecule has 1 fully saturated rings. The van der Waals surface area contributed by atoms with Crippen LogP contribution in [0.2, 0.25) is 0 Å². The summed E-state index contributed by atoms with van der Waals surface area (Å²) in [4.78, 5) is 0. The maximum atomic E-state index is 4.07. The maximum absolute atomic E-state index is 4.07. The Morgan fingerprint density at radius 3 is 1.50 bits per heavy atom. The molecular weight excluding hydrogens is 156 g/mol. The lowest BCUT2D eigenvalue weighted by molar-refractivity contribution is 0.228. The molecule has 0 unspecified atom stereocenters. The second-order valence-corrected chi connectivity index (χ2v) is 3.76. The molecule has 3 spiro atoms. The highest BCUT2D eigenvalue weighted by atomic mass is 15.7. The van der Waals surface area contributed by atoms with Gasteiger partial charge in [-0.25, -0.2) is 0 Å². The third kappa shape index (κ3) is 0.338. The van der Waals surface area contributed by atoms with Gasteiger partial charge in [-0.2, -0.15) is 20.5 Å². The van der Waals surface area contributed by atoms with Crippen LogP contribution in [0.15, 0.2) is 30.7 Å². The van der Waals surface area contributed by atoms with Crippen LogP contribution in [0, 0.1) is 0 Å². The minimum Gasteiger partial charge on any atom is -0.154 e. The second-order valence-electron chi connectivity index (χ2n) is 3.76. The summed E-state index contributed by atoms with van der Waals surface area (Å²) in [5.41, 5.74) is -1.15. The Balaban J connectivity index is 1.82. The average Bonchev–Trinajstić information content (AvgIpc) is 2.89. The smallest absolute Gasteiger partial charge is 0.154 e. The number of hydrogen-bond acceptors (Lipinski definition) is 6. The molecule has 6 nitrogen and oxygen atoms in total. The molecule has 4 aliphatic rings. The van der Waals surface area contributed by atoms with Gasteiger partial charge in [-0.05, 0) is 6.42 Å². The molecule has 0 aromatic heterocycles. The van der Waals surface area contributed by atoms with E-state index < -0.39 is 5.66 Å². The fraction of sp³-hybridized carbons (Fsp3) is 1.00. The lowest BCUT2D eigenvalue weighted by atomic mass is 9.77. The molecule has 0 aromatic carbocycles. The molecule has 12 heavy (non-hydrogen) atoms. The van der Waals surface area contributed by atoms with Gasteiger partial charge in [0, 0.05) is 12.8 Å². The second kappa shape index (κ2) is 1.14. The molecule has 0 N–H and O–H groups in total. The Hall–Kier alpha value is -1.20. The molecule has 1 saturated carbocycles. The number of hydrogen-bond donors (Lipinski definition) is 0. The van der Waals surface area contributed by atoms with Gasteiger partial charge in [0.1, 0.15) is 0 Å². The van der Waals surface area contributed by atoms with E-state index in [0.717, 1.165) is 19.3 Å². The summed E-state index contributed by atoms with van der Waals surface area (Å²) in [6, 6.07) is 0. The van der Waals surface area contributed by atoms with Crippen LogP contribution >= 0.6 is 0 Å². The third-order valence-electron chi connectivity index (χ3n) is 3.15. The summed E-state index contributed by atoms with van der Waals surface area (Å²) in [5, 5.41) is 24.4. The van der Waals surface area contributed by atoms with Gasteiger partial charge in [0.2, 0.25) is 11.3 Å². The molecule has 0 amide bonds. The van der Waals surface area contributed by atoms with Crippen molar-refractivity contribution in [2.24, 2.45) is 30.7 Å². The van der Waals surface area contributed by atoms with Gasteiger partial charge in [0.25, 0.3) is 5.66 Å². The standard InChI is InChI=1S/C6H6N6/c1-2-4(7-8-4)6(11-12-6)5(3-1)9-10-5/h1-3H2. The van der Waals surface area contributed by atoms with Crippen molar-refractivity contribution < 1.29 is 0 Å². The SMILES string of the molecule is C1CC2(N=N2)C2(N=N2)C2(C1)N=N2. The van der Waals surface area contributed by atoms with Crippen LogP contribution in [0.25, 0.3) is 0 Å². The normalized spacial score (nSPS) is 38.0. The third-order valence-corrected chi connectivity index (χ3v) is 3.15. The first-order valence-corrected chi connectivity index (χ1v) is 4.15. The molecule has 0 bridgehead atoms. The Labute approximate surface area is 67.9 Å². The van der Waals surface area contributed by atoms with Crippen molar-refractivity contribution in [2.45, 2.75) is 36.3 Å². The summed E-state index contributed by atoms with van der Waals surface area (Å²) in [7, 11) is 0. The summed E-state index contributed by atoms with van der Waals surface area (Å²) < 4.78 is 0. The van der Waals surface area contributed by atoms with Gasteiger partial charge in [0.15, 0.2) is 0 Å². The molecule has 1 aliphatic carbocycles. The van der Waals surface area contributed by atoms with Crippen LogP contribution < -0.4 is 0 Å². The van der Waals surface area contributed by atoms with Gasteiger partial charge in [0.05, 0.1) is 0 Å². The van der Waals surface area contributed by atoms with E-state index in [1.807, 2.05) is 0 Å². The van der Waals surface area contributed by atoms with E-state index in [9.17, 15) is 0 Å². The van der Waals surface area contributed by atoms with Crippen molar-refractivity contribution in [3.63, 3.8) is 0 Å². The largest absolute Gasteiger partial charge is 0.286 e. The molecule has 0 atom stereocenters. The molecule has 60 valence electrons. The maximum Gasteiger partial charge on any atom is 0.286 e. The summed E-state index contributed by atoms with van der Waals surface area (Å²) in [6.45, 7) is 0. The van der Waals surface area contributed by atoms with E-state index >= 15 is 0 Å². The van der Waals surface area contributed by atoms with Crippen LogP contribution in [-0.2, 0) is 0 Å². The molecule has 0 aromatic rings. The number of rotatable bonds is 0. The minimum absolute atomic E-state index is 0.339. The van der Waals surface area contributed by atoms with Crippen molar-refractivity contribution in [1.82, 2.24) is 0 Å². The van der Waals surface area contributed by atoms with Gasteiger partial charge < -0.3 is 0 Å². The monoisotopic (exact) mass is 162 g/mol. The van der Waals surface area contributed by atoms with Gasteiger partial charge in [-0.3, -0.25) is 0 Å². The topological polar surface area (TPSA) is 74.2 Å². The predicted octanol–water partition coefficient (Wildman–Crippen LogP) is 1.66. The van der Waals surface area contributed by atoms with E-state index in [4.69, 9.17) is 0 Å². The molecule has 3 heterocycles. The van der Waals surface area contributed by atoms with Crippen molar-refractivity contribution in [3.05, 3.63) is 0 Å². The molecule has 0 radical (unpaired) electrons. The highest BCUT2D eigenvalue weighted by molar-refractivity contribution is 5.32. The Morgan fingerprint density at radius 2 is 1.17 bits per heavy atom. The van der Waals surface area contributed by atoms with Crippen LogP contribution in [-0.4, -0.2) is 17.0 Å². The zero-order chi connectivity index (χ0) is 7.86. The first-order valence-electron chi connectivity index (χ1n) is 4.15. The summed E-state index contributed by atoms with van der Waals surface area (Å²) in [5.74, 6) is 0. The van der Waals surface area contributed by atoms with Crippen molar-refractivity contribution in [2.75, 3.05) is 0 Å². The molecule has 4 rings (SSSR count). The minimum atomic E-state index is -0.474. The van der Waals surface area contributed by atoms with E-state index in [2.05, 4.69) is 30.7 Å². The van der Waals surface area contributed by atoms with Crippen molar-refractivity contribution in [1.29, 1.82) is 0 Å². The number of fused-ring (bicyclic) bond motifs is 2. The van der Waals surface area contributed by atoms with Gasteiger partial charge >= 0.3 is 0 Å². The van der Waals surface area contributed by atoms with Gasteiger partial charge in [-0.15, -0.1) is 10.2 Å². The van der Waals surface area contributed by atoms with E-state index in [1.165, 1.54) is 0 Å². The van der Waals surface area contributed by atoms with Crippen LogP contribution in [0.4, 0.5) is 0 Å².